The van der Waals surface area contributed by atoms with E-state index in [1.54, 1.807) is 30.3 Å². The molecule has 0 saturated heterocycles. The summed E-state index contributed by atoms with van der Waals surface area (Å²) in [7, 11) is 0. The molecule has 0 spiro atoms. The maximum Gasteiger partial charge on any atom is 0.174 e. The van der Waals surface area contributed by atoms with Gasteiger partial charge in [-0.05, 0) is 74.4 Å². The van der Waals surface area contributed by atoms with Crippen molar-refractivity contribution >= 4 is 72.4 Å². The van der Waals surface area contributed by atoms with Crippen LogP contribution in [0.1, 0.15) is 88.1 Å². The lowest BCUT2D eigenvalue weighted by Gasteiger charge is -2.20. The van der Waals surface area contributed by atoms with E-state index in [1.165, 1.54) is 0 Å². The van der Waals surface area contributed by atoms with Gasteiger partial charge < -0.3 is 15.9 Å². The fraction of sp³-hybridized carbons (Fsp3) is 0.424. The first-order valence-corrected chi connectivity index (χ1v) is 16.8. The van der Waals surface area contributed by atoms with Crippen LogP contribution in [0.3, 0.4) is 0 Å². The smallest absolute Gasteiger partial charge is 0.174 e. The van der Waals surface area contributed by atoms with Crippen LogP contribution in [0.2, 0.25) is 15.1 Å². The van der Waals surface area contributed by atoms with Gasteiger partial charge >= 0.3 is 0 Å². The van der Waals surface area contributed by atoms with Crippen LogP contribution in [0.4, 0.5) is 0 Å². The van der Waals surface area contributed by atoms with E-state index < -0.39 is 12.2 Å². The summed E-state index contributed by atoms with van der Waals surface area (Å²) in [6, 6.07) is 21.8. The Bertz CT molecular complexity index is 1190. The largest absolute Gasteiger partial charge is 0.388 e. The minimum atomic E-state index is -0.510. The van der Waals surface area contributed by atoms with Gasteiger partial charge in [0.25, 0.3) is 0 Å². The van der Waals surface area contributed by atoms with E-state index in [0.29, 0.717) is 31.3 Å². The lowest BCUT2D eigenvalue weighted by atomic mass is 9.88. The zero-order valence-electron chi connectivity index (χ0n) is 25.2. The number of carbonyl (C=O) groups excluding carboxylic acids is 1. The molecule has 0 fully saturated rings. The van der Waals surface area contributed by atoms with Gasteiger partial charge in [-0.3, -0.25) is 4.79 Å². The Morgan fingerprint density at radius 1 is 0.738 bits per heavy atom. The second kappa shape index (κ2) is 20.9. The molecule has 0 amide bonds. The normalized spacial score (nSPS) is 12.3. The molecule has 4 N–H and O–H groups in total. The summed E-state index contributed by atoms with van der Waals surface area (Å²) in [6.07, 6.45) is 0.786. The zero-order valence-corrected chi connectivity index (χ0v) is 30.6. The molecule has 4 nitrogen and oxygen atoms in total. The van der Waals surface area contributed by atoms with E-state index in [1.807, 2.05) is 63.2 Å². The molecule has 0 unspecified atom stereocenters. The van der Waals surface area contributed by atoms with E-state index in [-0.39, 0.29) is 16.7 Å². The summed E-state index contributed by atoms with van der Waals surface area (Å²) in [5.41, 5.74) is 7.79. The van der Waals surface area contributed by atoms with Crippen molar-refractivity contribution in [3.63, 3.8) is 0 Å². The summed E-state index contributed by atoms with van der Waals surface area (Å²) in [6.45, 7) is 12.4. The highest BCUT2D eigenvalue weighted by Crippen LogP contribution is 2.30. The molecule has 42 heavy (non-hydrogen) atoms. The number of halogens is 5. The molecule has 3 aromatic rings. The van der Waals surface area contributed by atoms with Crippen LogP contribution in [-0.2, 0) is 0 Å². The number of ketones is 1. The van der Waals surface area contributed by atoms with Gasteiger partial charge in [0, 0.05) is 26.5 Å². The Balaban J connectivity index is 0.000000563. The first-order chi connectivity index (χ1) is 19.4. The Morgan fingerprint density at radius 3 is 1.48 bits per heavy atom. The Kier molecular flexibility index (Phi) is 20.4. The standard InChI is InChI=1S/C13H19ClO.C8H8BrClO.C8H6BrClO.C4H11N/c1-13(2,3)9-8-12(15)10-6-4-5-7-11(10)14;2*9-5-8(11)6-3-1-2-4-7(6)10;1-4(2,3)5/h4-7,12,15H,8-9H2,1-3H3;1-4,8,11H,5H2;1-4H,5H2;5H2,1-3H3/t12-;8-;;/m00../s1. The molecule has 0 heterocycles. The molecule has 0 aromatic heterocycles. The Morgan fingerprint density at radius 2 is 1.12 bits per heavy atom. The molecular formula is C33H44Br2Cl3NO3. The average molecular weight is 769 g/mol. The third-order valence-corrected chi connectivity index (χ3v) is 7.28. The van der Waals surface area contributed by atoms with Crippen molar-refractivity contribution in [1.29, 1.82) is 0 Å². The molecule has 0 aliphatic carbocycles. The number of Topliss-reactive ketones (excluding diaryl/α,β-unsaturated/α-hetero) is 1. The number of hydrogen-bond donors (Lipinski definition) is 3. The van der Waals surface area contributed by atoms with Gasteiger partial charge in [-0.2, -0.15) is 0 Å². The summed E-state index contributed by atoms with van der Waals surface area (Å²) in [5.74, 6) is 0.00981. The van der Waals surface area contributed by atoms with E-state index in [9.17, 15) is 15.0 Å². The predicted molar refractivity (Wildman–Crippen MR) is 189 cm³/mol. The Hall–Kier alpha value is -0.960. The summed E-state index contributed by atoms with van der Waals surface area (Å²) >= 11 is 23.8. The summed E-state index contributed by atoms with van der Waals surface area (Å²) < 4.78 is 0. The van der Waals surface area contributed by atoms with E-state index in [4.69, 9.17) is 40.5 Å². The van der Waals surface area contributed by atoms with Crippen LogP contribution in [0.5, 0.6) is 0 Å². The second-order valence-corrected chi connectivity index (χ2v) is 14.2. The fourth-order valence-electron chi connectivity index (χ4n) is 3.06. The number of aliphatic hydroxyl groups excluding tert-OH is 2. The number of alkyl halides is 2. The summed E-state index contributed by atoms with van der Waals surface area (Å²) in [5, 5.41) is 22.0. The van der Waals surface area contributed by atoms with Crippen LogP contribution in [0, 0.1) is 5.41 Å². The second-order valence-electron chi connectivity index (χ2n) is 11.7. The molecule has 0 radical (unpaired) electrons. The number of carbonyl (C=O) groups is 1. The predicted octanol–water partition coefficient (Wildman–Crippen LogP) is 10.6. The quantitative estimate of drug-likeness (QED) is 0.165. The van der Waals surface area contributed by atoms with Crippen molar-refractivity contribution in [3.05, 3.63) is 105 Å². The third-order valence-electron chi connectivity index (χ3n) is 5.14. The van der Waals surface area contributed by atoms with Gasteiger partial charge in [0.2, 0.25) is 0 Å². The van der Waals surface area contributed by atoms with Crippen molar-refractivity contribution in [2.24, 2.45) is 11.1 Å². The minimum absolute atomic E-state index is 0. The van der Waals surface area contributed by atoms with Gasteiger partial charge in [0.1, 0.15) is 0 Å². The maximum atomic E-state index is 11.1. The van der Waals surface area contributed by atoms with Gasteiger partial charge in [-0.25, -0.2) is 0 Å². The number of nitrogens with two attached hydrogens (primary N) is 1. The average Bonchev–Trinajstić information content (AvgIpc) is 2.91. The molecular weight excluding hydrogens is 725 g/mol. The van der Waals surface area contributed by atoms with Crippen LogP contribution in [0.25, 0.3) is 0 Å². The van der Waals surface area contributed by atoms with E-state index >= 15 is 0 Å². The van der Waals surface area contributed by atoms with Gasteiger partial charge in [0.05, 0.1) is 22.6 Å². The van der Waals surface area contributed by atoms with Crippen molar-refractivity contribution in [2.75, 3.05) is 10.7 Å². The highest BCUT2D eigenvalue weighted by atomic mass is 79.9. The molecule has 9 heteroatoms. The van der Waals surface area contributed by atoms with Crippen molar-refractivity contribution in [1.82, 2.24) is 0 Å². The maximum absolute atomic E-state index is 11.1. The topological polar surface area (TPSA) is 83.5 Å². The van der Waals surface area contributed by atoms with Crippen LogP contribution in [-0.4, -0.2) is 32.2 Å². The lowest BCUT2D eigenvalue weighted by Crippen LogP contribution is -2.26. The van der Waals surface area contributed by atoms with Gasteiger partial charge in [-0.15, -0.1) is 0 Å². The first-order valence-electron chi connectivity index (χ1n) is 13.4. The monoisotopic (exact) mass is 765 g/mol. The van der Waals surface area contributed by atoms with Crippen LogP contribution >= 0.6 is 66.7 Å². The zero-order chi connectivity index (χ0) is 32.5. The van der Waals surface area contributed by atoms with Crippen molar-refractivity contribution < 1.29 is 15.0 Å². The van der Waals surface area contributed by atoms with Crippen LogP contribution in [0.15, 0.2) is 72.8 Å². The Labute approximate surface area is 284 Å². The molecule has 3 aromatic carbocycles. The number of benzene rings is 3. The van der Waals surface area contributed by atoms with Crippen molar-refractivity contribution in [2.45, 2.75) is 72.1 Å². The molecule has 234 valence electrons. The number of rotatable bonds is 7. The minimum Gasteiger partial charge on any atom is -0.388 e. The van der Waals surface area contributed by atoms with Gasteiger partial charge in [-0.1, -0.05) is 136 Å². The van der Waals surface area contributed by atoms with Crippen LogP contribution < -0.4 is 5.73 Å². The molecule has 0 saturated carbocycles. The van der Waals surface area contributed by atoms with E-state index in [0.717, 1.165) is 24.0 Å². The fourth-order valence-corrected chi connectivity index (χ4v) is 4.47. The molecule has 3 rings (SSSR count). The SMILES string of the molecule is CC(C)(C)CC[C@H](O)c1ccccc1Cl.CC(C)(C)N.O=C(CBr)c1ccccc1Cl.O[C@@H](CBr)c1ccccc1Cl. The molecule has 0 aliphatic heterocycles. The van der Waals surface area contributed by atoms with Crippen molar-refractivity contribution in [3.8, 4) is 0 Å². The van der Waals surface area contributed by atoms with E-state index in [2.05, 4.69) is 52.6 Å². The lowest BCUT2D eigenvalue weighted by molar-refractivity contribution is 0.102. The highest BCUT2D eigenvalue weighted by molar-refractivity contribution is 9.09. The first kappa shape index (κ1) is 41.0. The number of aliphatic hydroxyl groups is 2. The number of hydrogen-bond acceptors (Lipinski definition) is 4. The molecule has 0 bridgehead atoms. The molecule has 0 aliphatic rings. The third kappa shape index (κ3) is 19.3. The van der Waals surface area contributed by atoms with Gasteiger partial charge in [0.15, 0.2) is 5.78 Å². The summed E-state index contributed by atoms with van der Waals surface area (Å²) in [4.78, 5) is 11.1. The highest BCUT2D eigenvalue weighted by Gasteiger charge is 2.16. The molecule has 2 atom stereocenters.